The van der Waals surface area contributed by atoms with Crippen molar-refractivity contribution in [2.75, 3.05) is 12.3 Å². The maximum absolute atomic E-state index is 13.3. The van der Waals surface area contributed by atoms with Gasteiger partial charge in [-0.3, -0.25) is 4.79 Å². The van der Waals surface area contributed by atoms with E-state index in [9.17, 15) is 31.5 Å². The minimum atomic E-state index is -5.03. The summed E-state index contributed by atoms with van der Waals surface area (Å²) in [5.74, 6) is -1.47. The van der Waals surface area contributed by atoms with Crippen molar-refractivity contribution in [2.45, 2.75) is 23.1 Å². The molecular formula is C18H18F3NO4S. The third kappa shape index (κ3) is 5.08. The van der Waals surface area contributed by atoms with E-state index in [4.69, 9.17) is 0 Å². The van der Waals surface area contributed by atoms with Gasteiger partial charge in [0, 0.05) is 6.42 Å². The van der Waals surface area contributed by atoms with Gasteiger partial charge < -0.3 is 10.4 Å². The molecule has 2 rings (SSSR count). The molecule has 9 heteroatoms. The van der Waals surface area contributed by atoms with E-state index >= 15 is 0 Å². The lowest BCUT2D eigenvalue weighted by molar-refractivity contribution is -0.264. The Balaban J connectivity index is 2.03. The van der Waals surface area contributed by atoms with E-state index in [-0.39, 0.29) is 4.90 Å². The molecule has 1 unspecified atom stereocenters. The Morgan fingerprint density at radius 3 is 2.00 bits per heavy atom. The van der Waals surface area contributed by atoms with E-state index in [1.807, 2.05) is 5.32 Å². The average molecular weight is 401 g/mol. The summed E-state index contributed by atoms with van der Waals surface area (Å²) >= 11 is 0. The molecule has 5 nitrogen and oxygen atoms in total. The van der Waals surface area contributed by atoms with Crippen LogP contribution >= 0.6 is 0 Å². The standard InChI is InChI=1S/C18H18F3NO4S/c19-18(20,21)17(24,14-7-3-1-4-8-14)13-22-16(23)11-12-27(25,26)15-9-5-2-6-10-15/h1-10,24H,11-13H2,(H,22,23). The summed E-state index contributed by atoms with van der Waals surface area (Å²) in [4.78, 5) is 11.9. The summed E-state index contributed by atoms with van der Waals surface area (Å²) in [5, 5.41) is 12.1. The van der Waals surface area contributed by atoms with Gasteiger partial charge in [-0.15, -0.1) is 0 Å². The van der Waals surface area contributed by atoms with Crippen molar-refractivity contribution in [3.05, 3.63) is 66.2 Å². The van der Waals surface area contributed by atoms with Gasteiger partial charge in [-0.25, -0.2) is 8.42 Å². The molecule has 0 aliphatic rings. The fourth-order valence-corrected chi connectivity index (χ4v) is 3.63. The van der Waals surface area contributed by atoms with E-state index in [2.05, 4.69) is 0 Å². The van der Waals surface area contributed by atoms with E-state index in [0.717, 1.165) is 12.1 Å². The summed E-state index contributed by atoms with van der Waals surface area (Å²) < 4.78 is 64.2. The number of benzene rings is 2. The second kappa shape index (κ2) is 8.10. The van der Waals surface area contributed by atoms with E-state index in [1.54, 1.807) is 6.07 Å². The van der Waals surface area contributed by atoms with Gasteiger partial charge in [-0.05, 0) is 17.7 Å². The monoisotopic (exact) mass is 401 g/mol. The summed E-state index contributed by atoms with van der Waals surface area (Å²) in [6.07, 6.45) is -5.56. The molecule has 0 fully saturated rings. The molecular weight excluding hydrogens is 383 g/mol. The fraction of sp³-hybridized carbons (Fsp3) is 0.278. The number of sulfone groups is 1. The third-order valence-corrected chi connectivity index (χ3v) is 5.69. The topological polar surface area (TPSA) is 83.5 Å². The Bertz CT molecular complexity index is 870. The lowest BCUT2D eigenvalue weighted by Crippen LogP contribution is -2.51. The van der Waals surface area contributed by atoms with Crippen LogP contribution in [-0.4, -0.2) is 37.9 Å². The van der Waals surface area contributed by atoms with Crippen LogP contribution in [0, 0.1) is 0 Å². The smallest absolute Gasteiger partial charge is 0.375 e. The van der Waals surface area contributed by atoms with Crippen LogP contribution in [0.3, 0.4) is 0 Å². The van der Waals surface area contributed by atoms with Gasteiger partial charge in [0.25, 0.3) is 0 Å². The molecule has 0 saturated heterocycles. The molecule has 2 N–H and O–H groups in total. The lowest BCUT2D eigenvalue weighted by Gasteiger charge is -2.31. The highest BCUT2D eigenvalue weighted by atomic mass is 32.2. The molecule has 0 heterocycles. The van der Waals surface area contributed by atoms with Crippen molar-refractivity contribution in [3.63, 3.8) is 0 Å². The number of halogens is 3. The predicted octanol–water partition coefficient (Wildman–Crippen LogP) is 2.42. The number of nitrogens with one attached hydrogen (secondary N) is 1. The molecule has 0 aromatic heterocycles. The van der Waals surface area contributed by atoms with Crippen molar-refractivity contribution in [2.24, 2.45) is 0 Å². The van der Waals surface area contributed by atoms with Crippen molar-refractivity contribution in [3.8, 4) is 0 Å². The van der Waals surface area contributed by atoms with Crippen molar-refractivity contribution < 1.29 is 31.5 Å². The van der Waals surface area contributed by atoms with Crippen molar-refractivity contribution >= 4 is 15.7 Å². The first-order valence-electron chi connectivity index (χ1n) is 7.95. The summed E-state index contributed by atoms with van der Waals surface area (Å²) in [6.45, 7) is -1.12. The Labute approximate surface area is 154 Å². The number of aliphatic hydroxyl groups is 1. The number of hydrogen-bond donors (Lipinski definition) is 2. The fourth-order valence-electron chi connectivity index (χ4n) is 2.37. The van der Waals surface area contributed by atoms with Gasteiger partial charge in [0.1, 0.15) is 0 Å². The molecule has 0 spiro atoms. The lowest BCUT2D eigenvalue weighted by atomic mass is 9.93. The zero-order chi connectivity index (χ0) is 20.1. The van der Waals surface area contributed by atoms with Crippen LogP contribution in [0.4, 0.5) is 13.2 Å². The van der Waals surface area contributed by atoms with Gasteiger partial charge in [0.15, 0.2) is 9.84 Å². The zero-order valence-corrected chi connectivity index (χ0v) is 14.9. The van der Waals surface area contributed by atoms with Gasteiger partial charge in [0.2, 0.25) is 11.5 Å². The largest absolute Gasteiger partial charge is 0.423 e. The van der Waals surface area contributed by atoms with Crippen LogP contribution in [0.15, 0.2) is 65.6 Å². The van der Waals surface area contributed by atoms with Gasteiger partial charge in [-0.2, -0.15) is 13.2 Å². The molecule has 0 aliphatic carbocycles. The van der Waals surface area contributed by atoms with Crippen LogP contribution in [-0.2, 0) is 20.2 Å². The number of carbonyl (C=O) groups excluding carboxylic acids is 1. The highest BCUT2D eigenvalue weighted by molar-refractivity contribution is 7.91. The number of alkyl halides is 3. The molecule has 27 heavy (non-hydrogen) atoms. The van der Waals surface area contributed by atoms with E-state index in [0.29, 0.717) is 0 Å². The molecule has 1 amide bonds. The van der Waals surface area contributed by atoms with Gasteiger partial charge >= 0.3 is 6.18 Å². The minimum Gasteiger partial charge on any atom is -0.375 e. The SMILES string of the molecule is O=C(CCS(=O)(=O)c1ccccc1)NCC(O)(c1ccccc1)C(F)(F)F. The van der Waals surface area contributed by atoms with Crippen LogP contribution < -0.4 is 5.32 Å². The normalized spacial score (nSPS) is 14.4. The van der Waals surface area contributed by atoms with Crippen molar-refractivity contribution in [1.82, 2.24) is 5.32 Å². The number of rotatable bonds is 7. The Morgan fingerprint density at radius 2 is 1.48 bits per heavy atom. The van der Waals surface area contributed by atoms with E-state index < -0.39 is 51.8 Å². The maximum Gasteiger partial charge on any atom is 0.423 e. The molecule has 2 aromatic rings. The summed E-state index contributed by atoms with van der Waals surface area (Å²) in [5.41, 5.74) is -3.70. The Hall–Kier alpha value is -2.39. The van der Waals surface area contributed by atoms with Crippen LogP contribution in [0.1, 0.15) is 12.0 Å². The quantitative estimate of drug-likeness (QED) is 0.747. The van der Waals surface area contributed by atoms with Crippen LogP contribution in [0.5, 0.6) is 0 Å². The van der Waals surface area contributed by atoms with Crippen LogP contribution in [0.2, 0.25) is 0 Å². The first-order chi connectivity index (χ1) is 12.6. The first kappa shape index (κ1) is 20.9. The molecule has 0 bridgehead atoms. The molecule has 1 atom stereocenters. The molecule has 0 aliphatic heterocycles. The van der Waals surface area contributed by atoms with Gasteiger partial charge in [0.05, 0.1) is 17.2 Å². The molecule has 0 saturated carbocycles. The number of amides is 1. The second-order valence-corrected chi connectivity index (χ2v) is 7.99. The first-order valence-corrected chi connectivity index (χ1v) is 9.61. The average Bonchev–Trinajstić information content (AvgIpc) is 2.65. The van der Waals surface area contributed by atoms with Crippen molar-refractivity contribution in [1.29, 1.82) is 0 Å². The highest BCUT2D eigenvalue weighted by Gasteiger charge is 2.55. The van der Waals surface area contributed by atoms with Gasteiger partial charge in [-0.1, -0.05) is 48.5 Å². The predicted molar refractivity (Wildman–Crippen MR) is 92.5 cm³/mol. The number of carbonyl (C=O) groups is 1. The Morgan fingerprint density at radius 1 is 0.963 bits per heavy atom. The minimum absolute atomic E-state index is 0.0221. The van der Waals surface area contributed by atoms with E-state index in [1.165, 1.54) is 42.5 Å². The van der Waals surface area contributed by atoms with Crippen LogP contribution in [0.25, 0.3) is 0 Å². The molecule has 146 valence electrons. The summed E-state index contributed by atoms with van der Waals surface area (Å²) in [6, 6.07) is 13.8. The summed E-state index contributed by atoms with van der Waals surface area (Å²) in [7, 11) is -3.74. The third-order valence-electron chi connectivity index (χ3n) is 3.96. The molecule has 2 aromatic carbocycles. The zero-order valence-electron chi connectivity index (χ0n) is 14.1. The number of hydrogen-bond acceptors (Lipinski definition) is 4. The Kier molecular flexibility index (Phi) is 6.27. The maximum atomic E-state index is 13.3. The molecule has 0 radical (unpaired) electrons. The second-order valence-electron chi connectivity index (χ2n) is 5.88. The highest BCUT2D eigenvalue weighted by Crippen LogP contribution is 2.38.